The van der Waals surface area contributed by atoms with E-state index in [1.54, 1.807) is 27.9 Å². The van der Waals surface area contributed by atoms with Crippen LogP contribution in [0.1, 0.15) is 45.3 Å². The summed E-state index contributed by atoms with van der Waals surface area (Å²) in [7, 11) is 1.29. The first-order valence-corrected chi connectivity index (χ1v) is 8.83. The van der Waals surface area contributed by atoms with E-state index in [4.69, 9.17) is 5.11 Å². The average molecular weight is 387 g/mol. The first-order valence-electron chi connectivity index (χ1n) is 8.83. The molecule has 0 saturated carbocycles. The summed E-state index contributed by atoms with van der Waals surface area (Å²) in [5.74, 6) is -1.51. The van der Waals surface area contributed by atoms with Gasteiger partial charge in [0.05, 0.1) is 24.9 Å². The van der Waals surface area contributed by atoms with Crippen LogP contribution in [0.25, 0.3) is 0 Å². The van der Waals surface area contributed by atoms with E-state index in [0.717, 1.165) is 5.56 Å². The molecule has 1 aromatic heterocycles. The summed E-state index contributed by atoms with van der Waals surface area (Å²) in [5.41, 5.74) is 1.20. The number of amides is 2. The van der Waals surface area contributed by atoms with Crippen molar-refractivity contribution in [2.75, 3.05) is 20.2 Å². The highest BCUT2D eigenvalue weighted by atomic mass is 16.5. The van der Waals surface area contributed by atoms with Gasteiger partial charge in [-0.25, -0.2) is 19.1 Å². The van der Waals surface area contributed by atoms with Crippen LogP contribution in [-0.4, -0.2) is 63.2 Å². The minimum absolute atomic E-state index is 0.0681. The number of aromatic nitrogens is 3. The average Bonchev–Trinajstić information content (AvgIpc) is 3.22. The van der Waals surface area contributed by atoms with Crippen molar-refractivity contribution in [1.29, 1.82) is 0 Å². The van der Waals surface area contributed by atoms with E-state index in [1.165, 1.54) is 19.2 Å². The lowest BCUT2D eigenvalue weighted by Crippen LogP contribution is -2.44. The summed E-state index contributed by atoms with van der Waals surface area (Å²) in [6.07, 6.45) is 2.96. The number of piperidine rings is 1. The van der Waals surface area contributed by atoms with E-state index in [2.05, 4.69) is 20.4 Å². The predicted molar refractivity (Wildman–Crippen MR) is 96.8 cm³/mol. The molecule has 0 bridgehead atoms. The van der Waals surface area contributed by atoms with E-state index in [0.29, 0.717) is 32.5 Å². The largest absolute Gasteiger partial charge is 0.478 e. The van der Waals surface area contributed by atoms with E-state index >= 15 is 0 Å². The lowest BCUT2D eigenvalue weighted by molar-refractivity contribution is 0.0593. The second kappa shape index (κ2) is 8.51. The van der Waals surface area contributed by atoms with Crippen LogP contribution >= 0.6 is 0 Å². The van der Waals surface area contributed by atoms with Crippen LogP contribution in [0.2, 0.25) is 0 Å². The molecule has 3 rings (SSSR count). The van der Waals surface area contributed by atoms with Gasteiger partial charge >= 0.3 is 18.0 Å². The molecule has 10 nitrogen and oxygen atoms in total. The Morgan fingerprint density at radius 3 is 2.50 bits per heavy atom. The first kappa shape index (κ1) is 19.3. The molecule has 1 aromatic carbocycles. The SMILES string of the molecule is COC(=O)c1cn(C2CCN(C(=O)NCc3ccc(C(=O)O)cc3)CC2)nn1. The molecule has 1 fully saturated rings. The van der Waals surface area contributed by atoms with Crippen LogP contribution in [-0.2, 0) is 11.3 Å². The molecule has 1 aliphatic heterocycles. The van der Waals surface area contributed by atoms with Gasteiger partial charge in [0.1, 0.15) is 0 Å². The van der Waals surface area contributed by atoms with E-state index in [9.17, 15) is 14.4 Å². The van der Waals surface area contributed by atoms with Crippen LogP contribution in [0, 0.1) is 0 Å². The first-order chi connectivity index (χ1) is 13.5. The topological polar surface area (TPSA) is 127 Å². The number of carbonyl (C=O) groups is 3. The fraction of sp³-hybridized carbons (Fsp3) is 0.389. The van der Waals surface area contributed by atoms with Gasteiger partial charge in [0.25, 0.3) is 0 Å². The van der Waals surface area contributed by atoms with Gasteiger partial charge in [-0.15, -0.1) is 5.10 Å². The highest BCUT2D eigenvalue weighted by Gasteiger charge is 2.25. The highest BCUT2D eigenvalue weighted by molar-refractivity contribution is 5.87. The van der Waals surface area contributed by atoms with Crippen LogP contribution in [0.3, 0.4) is 0 Å². The van der Waals surface area contributed by atoms with Gasteiger partial charge in [0, 0.05) is 19.6 Å². The number of hydrogen-bond acceptors (Lipinski definition) is 6. The van der Waals surface area contributed by atoms with E-state index in [1.807, 2.05) is 0 Å². The molecule has 0 radical (unpaired) electrons. The maximum absolute atomic E-state index is 12.3. The molecule has 0 spiro atoms. The number of nitrogens with one attached hydrogen (secondary N) is 1. The van der Waals surface area contributed by atoms with Gasteiger partial charge in [-0.3, -0.25) is 0 Å². The lowest BCUT2D eigenvalue weighted by Gasteiger charge is -2.31. The molecule has 148 valence electrons. The zero-order valence-electron chi connectivity index (χ0n) is 15.4. The second-order valence-electron chi connectivity index (χ2n) is 6.45. The number of urea groups is 1. The molecule has 2 aromatic rings. The van der Waals surface area contributed by atoms with Crippen LogP contribution < -0.4 is 5.32 Å². The molecular formula is C18H21N5O5. The number of ether oxygens (including phenoxy) is 1. The minimum Gasteiger partial charge on any atom is -0.478 e. The van der Waals surface area contributed by atoms with Gasteiger partial charge in [-0.05, 0) is 30.5 Å². The van der Waals surface area contributed by atoms with Crippen molar-refractivity contribution in [3.05, 3.63) is 47.3 Å². The number of carboxylic acid groups (broad SMARTS) is 1. The lowest BCUT2D eigenvalue weighted by atomic mass is 10.1. The Labute approximate surface area is 161 Å². The number of aromatic carboxylic acids is 1. The molecule has 0 unspecified atom stereocenters. The Bertz CT molecular complexity index is 856. The molecule has 1 aliphatic rings. The van der Waals surface area contributed by atoms with Gasteiger partial charge < -0.3 is 20.1 Å². The number of likely N-dealkylation sites (tertiary alicyclic amines) is 1. The summed E-state index contributed by atoms with van der Waals surface area (Å²) in [6.45, 7) is 1.44. The number of carbonyl (C=O) groups excluding carboxylic acids is 2. The molecule has 10 heteroatoms. The summed E-state index contributed by atoms with van der Waals surface area (Å²) in [6, 6.07) is 6.28. The minimum atomic E-state index is -0.982. The number of carboxylic acids is 1. The molecule has 0 atom stereocenters. The summed E-state index contributed by atoms with van der Waals surface area (Å²) in [4.78, 5) is 36.4. The van der Waals surface area contributed by atoms with Crippen molar-refractivity contribution in [1.82, 2.24) is 25.2 Å². The summed E-state index contributed by atoms with van der Waals surface area (Å²) in [5, 5.41) is 19.5. The van der Waals surface area contributed by atoms with Gasteiger partial charge in [0.15, 0.2) is 5.69 Å². The Morgan fingerprint density at radius 1 is 1.21 bits per heavy atom. The number of esters is 1. The molecule has 2 heterocycles. The quantitative estimate of drug-likeness (QED) is 0.741. The van der Waals surface area contributed by atoms with Crippen molar-refractivity contribution in [2.24, 2.45) is 0 Å². The molecule has 2 amide bonds. The van der Waals surface area contributed by atoms with Crippen LogP contribution in [0.15, 0.2) is 30.5 Å². The number of benzene rings is 1. The molecule has 1 saturated heterocycles. The number of methoxy groups -OCH3 is 1. The second-order valence-corrected chi connectivity index (χ2v) is 6.45. The smallest absolute Gasteiger partial charge is 0.360 e. The molecule has 2 N–H and O–H groups in total. The molecule has 28 heavy (non-hydrogen) atoms. The standard InChI is InChI=1S/C18H21N5O5/c1-28-17(26)15-11-23(21-20-15)14-6-8-22(9-7-14)18(27)19-10-12-2-4-13(5-3-12)16(24)25/h2-5,11,14H,6-10H2,1H3,(H,19,27)(H,24,25). The normalized spacial score (nSPS) is 14.5. The van der Waals surface area contributed by atoms with Gasteiger partial charge in [-0.1, -0.05) is 17.3 Å². The monoisotopic (exact) mass is 387 g/mol. The Kier molecular flexibility index (Phi) is 5.87. The third-order valence-corrected chi connectivity index (χ3v) is 4.68. The molecular weight excluding hydrogens is 366 g/mol. The third kappa shape index (κ3) is 4.45. The van der Waals surface area contributed by atoms with Crippen molar-refractivity contribution in [3.63, 3.8) is 0 Å². The van der Waals surface area contributed by atoms with Crippen LogP contribution in [0.4, 0.5) is 4.79 Å². The predicted octanol–water partition coefficient (Wildman–Crippen LogP) is 1.31. The Hall–Kier alpha value is -3.43. The Morgan fingerprint density at radius 2 is 1.89 bits per heavy atom. The van der Waals surface area contributed by atoms with Gasteiger partial charge in [0.2, 0.25) is 0 Å². The molecule has 0 aliphatic carbocycles. The fourth-order valence-electron chi connectivity index (χ4n) is 3.04. The highest BCUT2D eigenvalue weighted by Crippen LogP contribution is 2.21. The summed E-state index contributed by atoms with van der Waals surface area (Å²) < 4.78 is 6.27. The number of nitrogens with zero attached hydrogens (tertiary/aromatic N) is 4. The van der Waals surface area contributed by atoms with Crippen molar-refractivity contribution in [2.45, 2.75) is 25.4 Å². The number of rotatable bonds is 5. The number of hydrogen-bond donors (Lipinski definition) is 2. The summed E-state index contributed by atoms with van der Waals surface area (Å²) >= 11 is 0. The van der Waals surface area contributed by atoms with Gasteiger partial charge in [-0.2, -0.15) is 0 Å². The van der Waals surface area contributed by atoms with Crippen molar-refractivity contribution in [3.8, 4) is 0 Å². The fourth-order valence-corrected chi connectivity index (χ4v) is 3.04. The maximum atomic E-state index is 12.3. The van der Waals surface area contributed by atoms with E-state index < -0.39 is 11.9 Å². The zero-order chi connectivity index (χ0) is 20.1. The maximum Gasteiger partial charge on any atom is 0.360 e. The zero-order valence-corrected chi connectivity index (χ0v) is 15.4. The van der Waals surface area contributed by atoms with Crippen molar-refractivity contribution >= 4 is 18.0 Å². The van der Waals surface area contributed by atoms with Crippen molar-refractivity contribution < 1.29 is 24.2 Å². The van der Waals surface area contributed by atoms with Crippen LogP contribution in [0.5, 0.6) is 0 Å². The van der Waals surface area contributed by atoms with E-state index in [-0.39, 0.29) is 23.3 Å². The Balaban J connectivity index is 1.47. The third-order valence-electron chi connectivity index (χ3n) is 4.68.